The number of amides is 1. The second-order valence-electron chi connectivity index (χ2n) is 9.56. The number of nitrogens with one attached hydrogen (secondary N) is 1. The molecule has 0 saturated heterocycles. The first-order chi connectivity index (χ1) is 20.6. The molecule has 0 unspecified atom stereocenters. The van der Waals surface area contributed by atoms with Gasteiger partial charge in [-0.2, -0.15) is 5.10 Å². The highest BCUT2D eigenvalue weighted by atomic mass is 35.5. The van der Waals surface area contributed by atoms with E-state index in [-0.39, 0.29) is 4.90 Å². The highest BCUT2D eigenvalue weighted by molar-refractivity contribution is 7.92. The van der Waals surface area contributed by atoms with E-state index in [0.717, 1.165) is 15.4 Å². The second-order valence-corrected chi connectivity index (χ2v) is 12.3. The SMILES string of the molecule is CCOc1cc(/C=N\NC(=O)CN(c2cccc(Cl)c2C)S(=O)(=O)c2ccc(C)cc2)ccc1OCc1ccc(Cl)cc1. The van der Waals surface area contributed by atoms with Gasteiger partial charge in [-0.1, -0.05) is 59.1 Å². The maximum absolute atomic E-state index is 13.7. The fraction of sp³-hybridized carbons (Fsp3) is 0.188. The van der Waals surface area contributed by atoms with Gasteiger partial charge in [0.15, 0.2) is 11.5 Å². The van der Waals surface area contributed by atoms with Crippen molar-refractivity contribution in [3.8, 4) is 11.5 Å². The van der Waals surface area contributed by atoms with Gasteiger partial charge in [0.2, 0.25) is 0 Å². The topological polar surface area (TPSA) is 97.3 Å². The average molecular weight is 641 g/mol. The highest BCUT2D eigenvalue weighted by Crippen LogP contribution is 2.31. The van der Waals surface area contributed by atoms with E-state index in [0.29, 0.717) is 51.6 Å². The largest absolute Gasteiger partial charge is 0.490 e. The van der Waals surface area contributed by atoms with Crippen LogP contribution in [0.4, 0.5) is 5.69 Å². The van der Waals surface area contributed by atoms with Crippen molar-refractivity contribution in [1.82, 2.24) is 5.43 Å². The summed E-state index contributed by atoms with van der Waals surface area (Å²) in [5.74, 6) is 0.421. The number of ether oxygens (including phenoxy) is 2. The van der Waals surface area contributed by atoms with E-state index in [9.17, 15) is 13.2 Å². The van der Waals surface area contributed by atoms with Crippen molar-refractivity contribution in [2.75, 3.05) is 17.5 Å². The fourth-order valence-electron chi connectivity index (χ4n) is 4.08. The summed E-state index contributed by atoms with van der Waals surface area (Å²) in [7, 11) is -4.10. The number of anilines is 1. The zero-order valence-electron chi connectivity index (χ0n) is 23.9. The predicted molar refractivity (Wildman–Crippen MR) is 171 cm³/mol. The highest BCUT2D eigenvalue weighted by Gasteiger charge is 2.28. The predicted octanol–water partition coefficient (Wildman–Crippen LogP) is 6.93. The van der Waals surface area contributed by atoms with E-state index in [2.05, 4.69) is 10.5 Å². The molecule has 0 atom stereocenters. The van der Waals surface area contributed by atoms with Crippen LogP contribution in [0.1, 0.15) is 29.2 Å². The molecule has 1 N–H and O–H groups in total. The Kier molecular flexibility index (Phi) is 10.7. The summed E-state index contributed by atoms with van der Waals surface area (Å²) in [6.45, 7) is 5.65. The van der Waals surface area contributed by atoms with Crippen LogP contribution in [0.3, 0.4) is 0 Å². The van der Waals surface area contributed by atoms with Crippen molar-refractivity contribution in [2.45, 2.75) is 32.3 Å². The van der Waals surface area contributed by atoms with Gasteiger partial charge in [0, 0.05) is 10.0 Å². The first-order valence-electron chi connectivity index (χ1n) is 13.4. The number of carbonyl (C=O) groups is 1. The third kappa shape index (κ3) is 8.28. The van der Waals surface area contributed by atoms with Crippen molar-refractivity contribution in [1.29, 1.82) is 0 Å². The second kappa shape index (κ2) is 14.4. The Labute approximate surface area is 261 Å². The number of carbonyl (C=O) groups excluding carboxylic acids is 1. The van der Waals surface area contributed by atoms with Gasteiger partial charge in [0.05, 0.1) is 23.4 Å². The Morgan fingerprint density at radius 1 is 0.930 bits per heavy atom. The molecule has 0 radical (unpaired) electrons. The Morgan fingerprint density at radius 2 is 1.65 bits per heavy atom. The summed E-state index contributed by atoms with van der Waals surface area (Å²) < 4.78 is 40.0. The maximum atomic E-state index is 13.7. The van der Waals surface area contributed by atoms with Crippen LogP contribution in [0.15, 0.2) is 94.9 Å². The van der Waals surface area contributed by atoms with Crippen molar-refractivity contribution in [2.24, 2.45) is 5.10 Å². The molecule has 43 heavy (non-hydrogen) atoms. The number of aryl methyl sites for hydroxylation is 1. The van der Waals surface area contributed by atoms with E-state index >= 15 is 0 Å². The number of hydrogen-bond donors (Lipinski definition) is 1. The number of nitrogens with zero attached hydrogens (tertiary/aromatic N) is 2. The summed E-state index contributed by atoms with van der Waals surface area (Å²) >= 11 is 12.3. The van der Waals surface area contributed by atoms with Gasteiger partial charge in [0.1, 0.15) is 13.2 Å². The molecule has 4 rings (SSSR count). The van der Waals surface area contributed by atoms with Crippen molar-refractivity contribution in [3.63, 3.8) is 0 Å². The Balaban J connectivity index is 1.49. The fourth-order valence-corrected chi connectivity index (χ4v) is 5.86. The first kappa shape index (κ1) is 31.9. The van der Waals surface area contributed by atoms with E-state index in [1.807, 2.05) is 26.0 Å². The van der Waals surface area contributed by atoms with Gasteiger partial charge in [0.25, 0.3) is 15.9 Å². The number of hydrazone groups is 1. The molecule has 8 nitrogen and oxygen atoms in total. The lowest BCUT2D eigenvalue weighted by Crippen LogP contribution is -2.40. The molecule has 0 aliphatic carbocycles. The molecular formula is C32H31Cl2N3O5S. The minimum absolute atomic E-state index is 0.0515. The lowest BCUT2D eigenvalue weighted by atomic mass is 10.2. The molecule has 0 aromatic heterocycles. The first-order valence-corrected chi connectivity index (χ1v) is 15.6. The summed E-state index contributed by atoms with van der Waals surface area (Å²) in [5, 5.41) is 5.07. The Morgan fingerprint density at radius 3 is 2.35 bits per heavy atom. The number of benzene rings is 4. The smallest absolute Gasteiger partial charge is 0.264 e. The molecular weight excluding hydrogens is 609 g/mol. The Bertz CT molecular complexity index is 1710. The van der Waals surface area contributed by atoms with Crippen LogP contribution in [0, 0.1) is 13.8 Å². The van der Waals surface area contributed by atoms with Crippen LogP contribution in [0.25, 0.3) is 0 Å². The lowest BCUT2D eigenvalue weighted by Gasteiger charge is -2.25. The van der Waals surface area contributed by atoms with Crippen molar-refractivity contribution >= 4 is 51.0 Å². The van der Waals surface area contributed by atoms with Crippen molar-refractivity contribution in [3.05, 3.63) is 117 Å². The van der Waals surface area contributed by atoms with Crippen LogP contribution >= 0.6 is 23.2 Å². The van der Waals surface area contributed by atoms with Crippen LogP contribution < -0.4 is 19.2 Å². The number of halogens is 2. The standard InChI is InChI=1S/C32H31Cl2N3O5S/c1-4-41-31-18-25(12-17-30(31)42-21-24-10-13-26(33)14-11-24)19-35-36-32(38)20-37(29-7-5-6-28(34)23(29)3)43(39,40)27-15-8-22(2)9-16-27/h5-19H,4,20-21H2,1-3H3,(H,36,38)/b35-19-. The molecule has 1 amide bonds. The van der Waals surface area contributed by atoms with Gasteiger partial charge in [-0.05, 0) is 92.1 Å². The Hall–Kier alpha value is -4.05. The van der Waals surface area contributed by atoms with Crippen molar-refractivity contribution < 1.29 is 22.7 Å². The van der Waals surface area contributed by atoms with E-state index in [1.165, 1.54) is 18.3 Å². The molecule has 4 aromatic carbocycles. The minimum atomic E-state index is -4.10. The molecule has 11 heteroatoms. The maximum Gasteiger partial charge on any atom is 0.264 e. The zero-order valence-corrected chi connectivity index (χ0v) is 26.2. The van der Waals surface area contributed by atoms with Crippen LogP contribution in [-0.2, 0) is 21.4 Å². The molecule has 0 spiro atoms. The molecule has 224 valence electrons. The van der Waals surface area contributed by atoms with Gasteiger partial charge in [-0.3, -0.25) is 9.10 Å². The molecule has 0 bridgehead atoms. The molecule has 0 aliphatic heterocycles. The van der Waals surface area contributed by atoms with Gasteiger partial charge >= 0.3 is 0 Å². The quantitative estimate of drug-likeness (QED) is 0.134. The molecule has 4 aromatic rings. The molecule has 0 heterocycles. The van der Waals surface area contributed by atoms with Gasteiger partial charge < -0.3 is 9.47 Å². The third-order valence-electron chi connectivity index (χ3n) is 6.38. The minimum Gasteiger partial charge on any atom is -0.490 e. The summed E-state index contributed by atoms with van der Waals surface area (Å²) in [6.07, 6.45) is 1.44. The normalized spacial score (nSPS) is 11.4. The molecule has 0 saturated carbocycles. The zero-order chi connectivity index (χ0) is 31.0. The van der Waals surface area contributed by atoms with E-state index < -0.39 is 22.5 Å². The number of hydrogen-bond acceptors (Lipinski definition) is 6. The summed E-state index contributed by atoms with van der Waals surface area (Å²) in [4.78, 5) is 13.0. The van der Waals surface area contributed by atoms with E-state index in [1.54, 1.807) is 67.6 Å². The summed E-state index contributed by atoms with van der Waals surface area (Å²) in [6, 6.07) is 23.9. The number of sulfonamides is 1. The van der Waals surface area contributed by atoms with Crippen LogP contribution in [0.2, 0.25) is 10.0 Å². The van der Waals surface area contributed by atoms with Crippen LogP contribution in [0.5, 0.6) is 11.5 Å². The monoisotopic (exact) mass is 639 g/mol. The van der Waals surface area contributed by atoms with Crippen LogP contribution in [-0.4, -0.2) is 33.7 Å². The third-order valence-corrected chi connectivity index (χ3v) is 8.82. The molecule has 0 fully saturated rings. The summed E-state index contributed by atoms with van der Waals surface area (Å²) in [5.41, 5.74) is 5.74. The number of rotatable bonds is 12. The lowest BCUT2D eigenvalue weighted by molar-refractivity contribution is -0.119. The molecule has 0 aliphatic rings. The average Bonchev–Trinajstić information content (AvgIpc) is 2.98. The van der Waals surface area contributed by atoms with Gasteiger partial charge in [-0.15, -0.1) is 0 Å². The van der Waals surface area contributed by atoms with E-state index in [4.69, 9.17) is 32.7 Å². The van der Waals surface area contributed by atoms with Gasteiger partial charge in [-0.25, -0.2) is 13.8 Å².